The normalized spacial score (nSPS) is 12.5. The van der Waals surface area contributed by atoms with E-state index in [1.165, 1.54) is 0 Å². The minimum atomic E-state index is -0.345. The first-order valence-corrected chi connectivity index (χ1v) is 11.0. The molecule has 0 aliphatic rings. The third kappa shape index (κ3) is 16.3. The van der Waals surface area contributed by atoms with Crippen LogP contribution >= 0.6 is 0 Å². The molecule has 0 spiro atoms. The number of rotatable bonds is 7. The Hall–Kier alpha value is -1.52. The minimum absolute atomic E-state index is 0.0555. The van der Waals surface area contributed by atoms with Crippen molar-refractivity contribution in [3.8, 4) is 0 Å². The van der Waals surface area contributed by atoms with Gasteiger partial charge in [-0.3, -0.25) is 19.2 Å². The predicted octanol–water partition coefficient (Wildman–Crippen LogP) is 5.68. The molecule has 0 unspecified atom stereocenters. The summed E-state index contributed by atoms with van der Waals surface area (Å²) >= 11 is 0. The van der Waals surface area contributed by atoms with Crippen LogP contribution < -0.4 is 5.32 Å². The van der Waals surface area contributed by atoms with Crippen LogP contribution in [0.1, 0.15) is 115 Å². The van der Waals surface area contributed by atoms with Crippen LogP contribution in [0.15, 0.2) is 0 Å². The largest absolute Gasteiger partial charge is 0.351 e. The third-order valence-corrected chi connectivity index (χ3v) is 4.41. The molecule has 0 rings (SSSR count). The van der Waals surface area contributed by atoms with E-state index in [-0.39, 0.29) is 51.5 Å². The zero-order valence-corrected chi connectivity index (χ0v) is 21.7. The molecule has 0 radical (unpaired) electrons. The van der Waals surface area contributed by atoms with Crippen LogP contribution in [0.25, 0.3) is 0 Å². The van der Waals surface area contributed by atoms with E-state index >= 15 is 0 Å². The summed E-state index contributed by atoms with van der Waals surface area (Å²) in [6.45, 7) is 22.9. The average molecular weight is 426 g/mol. The molecular formula is C25H47NO4. The Labute approximate surface area is 185 Å². The van der Waals surface area contributed by atoms with Gasteiger partial charge in [0.05, 0.1) is 0 Å². The molecule has 1 amide bonds. The fraction of sp³-hybridized carbons (Fsp3) is 0.840. The molecule has 30 heavy (non-hydrogen) atoms. The molecule has 0 bridgehead atoms. The molecule has 0 saturated heterocycles. The monoisotopic (exact) mass is 425 g/mol. The Kier molecular flexibility index (Phi) is 12.0. The molecule has 0 fully saturated rings. The van der Waals surface area contributed by atoms with Crippen molar-refractivity contribution in [3.05, 3.63) is 0 Å². The third-order valence-electron chi connectivity index (χ3n) is 4.41. The van der Waals surface area contributed by atoms with Crippen LogP contribution in [-0.4, -0.2) is 28.8 Å². The molecule has 0 heterocycles. The first-order valence-electron chi connectivity index (χ1n) is 11.0. The highest BCUT2D eigenvalue weighted by molar-refractivity contribution is 5.88. The highest BCUT2D eigenvalue weighted by Gasteiger charge is 2.24. The van der Waals surface area contributed by atoms with Gasteiger partial charge in [-0.25, -0.2) is 0 Å². The van der Waals surface area contributed by atoms with Crippen molar-refractivity contribution in [2.45, 2.75) is 121 Å². The summed E-state index contributed by atoms with van der Waals surface area (Å²) in [5.41, 5.74) is -1.11. The van der Waals surface area contributed by atoms with Crippen LogP contribution in [0.2, 0.25) is 0 Å². The van der Waals surface area contributed by atoms with Crippen molar-refractivity contribution < 1.29 is 19.2 Å². The van der Waals surface area contributed by atoms with E-state index < -0.39 is 0 Å². The lowest BCUT2D eigenvalue weighted by Crippen LogP contribution is -2.40. The molecule has 0 saturated carbocycles. The summed E-state index contributed by atoms with van der Waals surface area (Å²) in [4.78, 5) is 46.2. The molecule has 0 aliphatic heterocycles. The van der Waals surface area contributed by atoms with Crippen molar-refractivity contribution in [1.82, 2.24) is 5.32 Å². The maximum atomic E-state index is 11.6. The van der Waals surface area contributed by atoms with Crippen molar-refractivity contribution in [1.29, 1.82) is 0 Å². The number of Topliss-reactive ketones (excluding diaryl/α,β-unsaturated/α-hetero) is 3. The smallest absolute Gasteiger partial charge is 0.220 e. The first kappa shape index (κ1) is 30.7. The number of nitrogens with one attached hydrogen (secondary N) is 1. The second-order valence-corrected chi connectivity index (χ2v) is 12.2. The molecule has 0 aliphatic carbocycles. The lowest BCUT2D eigenvalue weighted by Gasteiger charge is -2.21. The number of hydrogen-bond acceptors (Lipinski definition) is 4. The van der Waals surface area contributed by atoms with Gasteiger partial charge in [-0.1, -0.05) is 62.3 Å². The quantitative estimate of drug-likeness (QED) is 0.569. The molecular weight excluding hydrogens is 378 g/mol. The Morgan fingerprint density at radius 1 is 0.500 bits per heavy atom. The van der Waals surface area contributed by atoms with Crippen LogP contribution in [0.3, 0.4) is 0 Å². The van der Waals surface area contributed by atoms with E-state index in [4.69, 9.17) is 0 Å². The number of carbonyl (C=O) groups excluding carboxylic acids is 4. The van der Waals surface area contributed by atoms with Gasteiger partial charge in [0.25, 0.3) is 0 Å². The summed E-state index contributed by atoms with van der Waals surface area (Å²) < 4.78 is 0. The molecule has 176 valence electrons. The average Bonchev–Trinajstić information content (AvgIpc) is 2.48. The van der Waals surface area contributed by atoms with Gasteiger partial charge in [0.1, 0.15) is 17.3 Å². The van der Waals surface area contributed by atoms with E-state index in [0.29, 0.717) is 25.7 Å². The highest BCUT2D eigenvalue weighted by atomic mass is 16.2. The molecule has 5 heteroatoms. The van der Waals surface area contributed by atoms with Crippen LogP contribution in [-0.2, 0) is 19.2 Å². The van der Waals surface area contributed by atoms with Crippen LogP contribution in [0, 0.1) is 16.2 Å². The van der Waals surface area contributed by atoms with Crippen LogP contribution in [0.5, 0.6) is 0 Å². The molecule has 0 atom stereocenters. The topological polar surface area (TPSA) is 80.3 Å². The zero-order valence-electron chi connectivity index (χ0n) is 21.7. The van der Waals surface area contributed by atoms with Gasteiger partial charge < -0.3 is 5.32 Å². The fourth-order valence-corrected chi connectivity index (χ4v) is 2.24. The summed E-state index contributed by atoms with van der Waals surface area (Å²) in [5, 5.41) is 2.83. The van der Waals surface area contributed by atoms with Gasteiger partial charge in [-0.05, 0) is 27.2 Å². The predicted molar refractivity (Wildman–Crippen MR) is 124 cm³/mol. The van der Waals surface area contributed by atoms with Gasteiger partial charge in [0.15, 0.2) is 0 Å². The highest BCUT2D eigenvalue weighted by Crippen LogP contribution is 2.21. The van der Waals surface area contributed by atoms with Crippen molar-refractivity contribution in [3.63, 3.8) is 0 Å². The molecule has 0 aromatic heterocycles. The van der Waals surface area contributed by atoms with Crippen molar-refractivity contribution in [2.75, 3.05) is 0 Å². The SMILES string of the molecule is CC(C)(C)C(=O)CCCC(=O)C(C)(C)C.CC(C)(C)NC(=O)CCC(=O)C(C)(C)C. The molecule has 0 aromatic carbocycles. The van der Waals surface area contributed by atoms with Gasteiger partial charge in [-0.2, -0.15) is 0 Å². The maximum Gasteiger partial charge on any atom is 0.220 e. The van der Waals surface area contributed by atoms with Gasteiger partial charge in [-0.15, -0.1) is 0 Å². The van der Waals surface area contributed by atoms with Gasteiger partial charge in [0.2, 0.25) is 5.91 Å². The Bertz CT molecular complexity index is 565. The number of carbonyl (C=O) groups is 4. The number of amides is 1. The standard InChI is InChI=1S/C13H24O2.C12H23NO2/c1-12(2,3)10(14)8-7-9-11(15)13(4,5)6;1-11(2,3)9(14)7-8-10(15)13-12(4,5)6/h7-9H2,1-6H3;7-8H2,1-6H3,(H,13,15). The Morgan fingerprint density at radius 2 is 0.800 bits per heavy atom. The maximum absolute atomic E-state index is 11.6. The Balaban J connectivity index is 0. The first-order chi connectivity index (χ1) is 13.1. The zero-order chi connectivity index (χ0) is 24.6. The van der Waals surface area contributed by atoms with E-state index in [0.717, 1.165) is 0 Å². The van der Waals surface area contributed by atoms with Crippen LogP contribution in [0.4, 0.5) is 0 Å². The van der Waals surface area contributed by atoms with E-state index in [9.17, 15) is 19.2 Å². The van der Waals surface area contributed by atoms with Crippen molar-refractivity contribution in [2.24, 2.45) is 16.2 Å². The van der Waals surface area contributed by atoms with E-state index in [1.54, 1.807) is 0 Å². The summed E-state index contributed by atoms with van der Waals surface area (Å²) in [6, 6.07) is 0. The van der Waals surface area contributed by atoms with E-state index in [1.807, 2.05) is 83.1 Å². The van der Waals surface area contributed by atoms with Gasteiger partial charge in [0, 0.05) is 47.5 Å². The second-order valence-electron chi connectivity index (χ2n) is 12.2. The van der Waals surface area contributed by atoms with Gasteiger partial charge >= 0.3 is 0 Å². The van der Waals surface area contributed by atoms with E-state index in [2.05, 4.69) is 5.32 Å². The second kappa shape index (κ2) is 11.8. The number of ketones is 3. The minimum Gasteiger partial charge on any atom is -0.351 e. The number of hydrogen-bond donors (Lipinski definition) is 1. The fourth-order valence-electron chi connectivity index (χ4n) is 2.24. The summed E-state index contributed by atoms with van der Waals surface area (Å²) in [6.07, 6.45) is 2.33. The lowest BCUT2D eigenvalue weighted by atomic mass is 9.85. The summed E-state index contributed by atoms with van der Waals surface area (Å²) in [7, 11) is 0. The van der Waals surface area contributed by atoms with Crippen molar-refractivity contribution >= 4 is 23.3 Å². The molecule has 0 aromatic rings. The molecule has 5 nitrogen and oxygen atoms in total. The lowest BCUT2D eigenvalue weighted by molar-refractivity contribution is -0.130. The Morgan fingerprint density at radius 3 is 1.07 bits per heavy atom. The molecule has 1 N–H and O–H groups in total. The summed E-state index contributed by atoms with van der Waals surface area (Å²) in [5.74, 6) is 0.556.